The minimum Gasteiger partial charge on any atom is -0.466 e. The van der Waals surface area contributed by atoms with Gasteiger partial charge in [0, 0.05) is 18.3 Å². The van der Waals surface area contributed by atoms with E-state index < -0.39 is 5.79 Å². The van der Waals surface area contributed by atoms with E-state index in [4.69, 9.17) is 14.2 Å². The summed E-state index contributed by atoms with van der Waals surface area (Å²) in [7, 11) is 1.40. The first-order chi connectivity index (χ1) is 11.5. The number of allylic oxidation sites excluding steroid dienone is 1. The van der Waals surface area contributed by atoms with Crippen LogP contribution in [0.5, 0.6) is 0 Å². The van der Waals surface area contributed by atoms with Crippen molar-refractivity contribution in [3.8, 4) is 0 Å². The number of hydrogen-bond acceptors (Lipinski definition) is 5. The Kier molecular flexibility index (Phi) is 4.92. The molecule has 5 heteroatoms. The van der Waals surface area contributed by atoms with Crippen molar-refractivity contribution in [2.45, 2.75) is 51.2 Å². The molecule has 3 rings (SSSR count). The van der Waals surface area contributed by atoms with Crippen molar-refractivity contribution >= 4 is 5.97 Å². The molecule has 2 fully saturated rings. The van der Waals surface area contributed by atoms with Gasteiger partial charge in [0.15, 0.2) is 5.79 Å². The molecule has 1 aromatic carbocycles. The van der Waals surface area contributed by atoms with Gasteiger partial charge in [-0.05, 0) is 32.3 Å². The summed E-state index contributed by atoms with van der Waals surface area (Å²) < 4.78 is 16.8. The Morgan fingerprint density at radius 2 is 2.12 bits per heavy atom. The molecule has 0 radical (unpaired) electrons. The first kappa shape index (κ1) is 17.0. The second-order valence-corrected chi connectivity index (χ2v) is 6.75. The second-order valence-electron chi connectivity index (χ2n) is 6.75. The van der Waals surface area contributed by atoms with Gasteiger partial charge in [-0.25, -0.2) is 4.79 Å². The van der Waals surface area contributed by atoms with E-state index in [0.717, 1.165) is 25.1 Å². The topological polar surface area (TPSA) is 48.0 Å². The quantitative estimate of drug-likeness (QED) is 0.630. The monoisotopic (exact) mass is 331 g/mol. The molecule has 2 aliphatic heterocycles. The van der Waals surface area contributed by atoms with Gasteiger partial charge in [-0.3, -0.25) is 0 Å². The molecule has 0 saturated carbocycles. The van der Waals surface area contributed by atoms with Gasteiger partial charge in [0.25, 0.3) is 0 Å². The summed E-state index contributed by atoms with van der Waals surface area (Å²) >= 11 is 0. The van der Waals surface area contributed by atoms with Crippen molar-refractivity contribution in [2.24, 2.45) is 0 Å². The van der Waals surface area contributed by atoms with Crippen LogP contribution in [0, 0.1) is 0 Å². The first-order valence-electron chi connectivity index (χ1n) is 8.39. The van der Waals surface area contributed by atoms with E-state index >= 15 is 0 Å². The standard InChI is InChI=1S/C19H25NO4/c1-19(2)23-13-16-17(24-19)10-9-15(11-18(21)22-3)20(16)12-14-7-5-4-6-8-14/h4-8,11,16-17H,9-10,12-13H2,1-3H3/b15-11+/t16-,17+/m0/s1. The third kappa shape index (κ3) is 3.79. The van der Waals surface area contributed by atoms with E-state index in [9.17, 15) is 4.79 Å². The maximum absolute atomic E-state index is 11.8. The number of hydrogen-bond donors (Lipinski definition) is 0. The molecule has 2 saturated heterocycles. The van der Waals surface area contributed by atoms with E-state index in [0.29, 0.717) is 6.61 Å². The molecular weight excluding hydrogens is 306 g/mol. The Balaban J connectivity index is 1.86. The maximum atomic E-state index is 11.8. The highest BCUT2D eigenvalue weighted by Gasteiger charge is 2.42. The van der Waals surface area contributed by atoms with Crippen LogP contribution in [0.15, 0.2) is 42.1 Å². The summed E-state index contributed by atoms with van der Waals surface area (Å²) in [4.78, 5) is 14.0. The van der Waals surface area contributed by atoms with Crippen molar-refractivity contribution in [3.63, 3.8) is 0 Å². The number of ether oxygens (including phenoxy) is 3. The third-order valence-electron chi connectivity index (χ3n) is 4.60. The average Bonchev–Trinajstić information content (AvgIpc) is 2.57. The lowest BCUT2D eigenvalue weighted by Gasteiger charge is -2.50. The largest absolute Gasteiger partial charge is 0.466 e. The van der Waals surface area contributed by atoms with Crippen molar-refractivity contribution in [1.29, 1.82) is 0 Å². The van der Waals surface area contributed by atoms with Crippen LogP contribution in [-0.2, 0) is 25.5 Å². The lowest BCUT2D eigenvalue weighted by atomic mass is 9.94. The smallest absolute Gasteiger partial charge is 0.332 e. The zero-order chi connectivity index (χ0) is 17.2. The van der Waals surface area contributed by atoms with Gasteiger partial charge in [0.1, 0.15) is 0 Å². The van der Waals surface area contributed by atoms with Crippen molar-refractivity contribution in [2.75, 3.05) is 13.7 Å². The number of fused-ring (bicyclic) bond motifs is 1. The fourth-order valence-electron chi connectivity index (χ4n) is 3.41. The van der Waals surface area contributed by atoms with Crippen LogP contribution in [0.4, 0.5) is 0 Å². The van der Waals surface area contributed by atoms with Gasteiger partial charge in [-0.2, -0.15) is 0 Å². The minimum atomic E-state index is -0.552. The number of esters is 1. The van der Waals surface area contributed by atoms with E-state index in [1.54, 1.807) is 6.08 Å². The molecule has 0 aromatic heterocycles. The van der Waals surface area contributed by atoms with Crippen LogP contribution >= 0.6 is 0 Å². The molecular formula is C19H25NO4. The van der Waals surface area contributed by atoms with Crippen molar-refractivity contribution < 1.29 is 19.0 Å². The molecule has 130 valence electrons. The predicted molar refractivity (Wildman–Crippen MR) is 90.0 cm³/mol. The fraction of sp³-hybridized carbons (Fsp3) is 0.526. The zero-order valence-corrected chi connectivity index (χ0v) is 14.5. The summed E-state index contributed by atoms with van der Waals surface area (Å²) in [5, 5.41) is 0. The minimum absolute atomic E-state index is 0.0999. The molecule has 1 aromatic rings. The highest BCUT2D eigenvalue weighted by atomic mass is 16.7. The van der Waals surface area contributed by atoms with Crippen molar-refractivity contribution in [1.82, 2.24) is 4.90 Å². The normalized spacial score (nSPS) is 27.6. The van der Waals surface area contributed by atoms with Crippen LogP contribution in [0.25, 0.3) is 0 Å². The van der Waals surface area contributed by atoms with E-state index in [2.05, 4.69) is 17.0 Å². The number of nitrogens with zero attached hydrogens (tertiary/aromatic N) is 1. The average molecular weight is 331 g/mol. The third-order valence-corrected chi connectivity index (χ3v) is 4.60. The Hall–Kier alpha value is -1.85. The Labute approximate surface area is 143 Å². The molecule has 0 bridgehead atoms. The summed E-state index contributed by atoms with van der Waals surface area (Å²) in [6.45, 7) is 5.20. The lowest BCUT2D eigenvalue weighted by Crippen LogP contribution is -2.57. The van der Waals surface area contributed by atoms with Crippen molar-refractivity contribution in [3.05, 3.63) is 47.7 Å². The van der Waals surface area contributed by atoms with Gasteiger partial charge in [-0.1, -0.05) is 30.3 Å². The summed E-state index contributed by atoms with van der Waals surface area (Å²) in [6.07, 6.45) is 3.37. The van der Waals surface area contributed by atoms with Gasteiger partial charge < -0.3 is 19.1 Å². The number of carbonyl (C=O) groups excluding carboxylic acids is 1. The van der Waals surface area contributed by atoms with Gasteiger partial charge in [0.05, 0.1) is 25.9 Å². The maximum Gasteiger partial charge on any atom is 0.332 e. The summed E-state index contributed by atoms with van der Waals surface area (Å²) in [5.74, 6) is -0.872. The Morgan fingerprint density at radius 3 is 2.83 bits per heavy atom. The molecule has 0 unspecified atom stereocenters. The van der Waals surface area contributed by atoms with Gasteiger partial charge >= 0.3 is 5.97 Å². The van der Waals surface area contributed by atoms with Gasteiger partial charge in [-0.15, -0.1) is 0 Å². The number of rotatable bonds is 3. The number of carbonyl (C=O) groups is 1. The SMILES string of the molecule is COC(=O)/C=C1\CC[C@H]2OC(C)(C)OC[C@@H]2N1Cc1ccccc1. The number of likely N-dealkylation sites (tertiary alicyclic amines) is 1. The number of benzene rings is 1. The zero-order valence-electron chi connectivity index (χ0n) is 14.5. The summed E-state index contributed by atoms with van der Waals surface area (Å²) in [6, 6.07) is 10.3. The van der Waals surface area contributed by atoms with E-state index in [-0.39, 0.29) is 18.1 Å². The molecule has 0 spiro atoms. The molecule has 5 nitrogen and oxygen atoms in total. The number of piperidine rings is 1. The molecule has 2 aliphatic rings. The first-order valence-corrected chi connectivity index (χ1v) is 8.39. The molecule has 24 heavy (non-hydrogen) atoms. The van der Waals surface area contributed by atoms with Crippen LogP contribution < -0.4 is 0 Å². The van der Waals surface area contributed by atoms with Crippen LogP contribution in [-0.4, -0.2) is 42.5 Å². The molecule has 0 amide bonds. The molecule has 0 aliphatic carbocycles. The van der Waals surface area contributed by atoms with Gasteiger partial charge in [0.2, 0.25) is 0 Å². The van der Waals surface area contributed by atoms with Crippen LogP contribution in [0.1, 0.15) is 32.3 Å². The highest BCUT2D eigenvalue weighted by molar-refractivity contribution is 5.82. The number of methoxy groups -OCH3 is 1. The van der Waals surface area contributed by atoms with E-state index in [1.165, 1.54) is 12.7 Å². The Bertz CT molecular complexity index is 611. The second kappa shape index (κ2) is 6.95. The predicted octanol–water partition coefficient (Wildman–Crippen LogP) is 2.86. The van der Waals surface area contributed by atoms with Crippen LogP contribution in [0.2, 0.25) is 0 Å². The lowest BCUT2D eigenvalue weighted by molar-refractivity contribution is -0.297. The fourth-order valence-corrected chi connectivity index (χ4v) is 3.41. The van der Waals surface area contributed by atoms with Crippen LogP contribution in [0.3, 0.4) is 0 Å². The van der Waals surface area contributed by atoms with E-state index in [1.807, 2.05) is 32.0 Å². The summed E-state index contributed by atoms with van der Waals surface area (Å²) in [5.41, 5.74) is 2.18. The Morgan fingerprint density at radius 1 is 1.38 bits per heavy atom. The molecule has 0 N–H and O–H groups in total. The highest BCUT2D eigenvalue weighted by Crippen LogP contribution is 2.36. The molecule has 2 atom stereocenters. The molecule has 2 heterocycles.